The zero-order chi connectivity index (χ0) is 22.9. The Morgan fingerprint density at radius 1 is 1.00 bits per heavy atom. The summed E-state index contributed by atoms with van der Waals surface area (Å²) in [6.45, 7) is 0. The van der Waals surface area contributed by atoms with Crippen LogP contribution in [0.4, 0.5) is 5.69 Å². The van der Waals surface area contributed by atoms with Gasteiger partial charge in [-0.15, -0.1) is 0 Å². The highest BCUT2D eigenvalue weighted by atomic mass is 35.5. The van der Waals surface area contributed by atoms with Crippen molar-refractivity contribution in [3.8, 4) is 17.3 Å². The van der Waals surface area contributed by atoms with E-state index in [1.54, 1.807) is 11.7 Å². The molecule has 0 spiro atoms. The fourth-order valence-corrected chi connectivity index (χ4v) is 4.04. The van der Waals surface area contributed by atoms with Gasteiger partial charge < -0.3 is 14.7 Å². The average molecular weight is 456 g/mol. The lowest BCUT2D eigenvalue weighted by atomic mass is 10.1. The highest BCUT2D eigenvalue weighted by molar-refractivity contribution is 6.30. The highest BCUT2D eigenvalue weighted by Gasteiger charge is 2.18. The van der Waals surface area contributed by atoms with E-state index in [-0.39, 0.29) is 5.88 Å². The van der Waals surface area contributed by atoms with Crippen LogP contribution in [0.5, 0.6) is 11.6 Å². The first-order valence-corrected chi connectivity index (χ1v) is 10.9. The molecule has 0 fully saturated rings. The van der Waals surface area contributed by atoms with Gasteiger partial charge in [0.05, 0.1) is 23.7 Å². The Labute approximate surface area is 196 Å². The quantitative estimate of drug-likeness (QED) is 0.322. The molecule has 2 aromatic heterocycles. The molecule has 0 saturated carbocycles. The molecule has 6 heteroatoms. The molecular formula is C27H22ClN3O2. The first-order valence-electron chi connectivity index (χ1n) is 10.5. The van der Waals surface area contributed by atoms with E-state index in [2.05, 4.69) is 0 Å². The summed E-state index contributed by atoms with van der Waals surface area (Å²) in [6.07, 6.45) is 3.92. The summed E-state index contributed by atoms with van der Waals surface area (Å²) in [6, 6.07) is 25.1. The topological polar surface area (TPSA) is 50.5 Å². The number of para-hydroxylation sites is 1. The van der Waals surface area contributed by atoms with E-state index >= 15 is 0 Å². The molecule has 3 aromatic carbocycles. The monoisotopic (exact) mass is 455 g/mol. The van der Waals surface area contributed by atoms with Crippen LogP contribution < -0.4 is 9.64 Å². The van der Waals surface area contributed by atoms with Crippen molar-refractivity contribution < 1.29 is 9.84 Å². The van der Waals surface area contributed by atoms with Gasteiger partial charge >= 0.3 is 0 Å². The van der Waals surface area contributed by atoms with Crippen LogP contribution in [-0.2, 0) is 0 Å². The number of ether oxygens (including phenoxy) is 1. The van der Waals surface area contributed by atoms with Gasteiger partial charge in [-0.05, 0) is 66.7 Å². The Morgan fingerprint density at radius 2 is 1.73 bits per heavy atom. The van der Waals surface area contributed by atoms with Crippen LogP contribution >= 0.6 is 11.6 Å². The minimum absolute atomic E-state index is 0.136. The Bertz CT molecular complexity index is 1470. The number of fused-ring (bicyclic) bond motifs is 2. The molecule has 5 aromatic rings. The van der Waals surface area contributed by atoms with Crippen molar-refractivity contribution >= 4 is 45.2 Å². The van der Waals surface area contributed by atoms with Crippen molar-refractivity contribution in [2.45, 2.75) is 0 Å². The summed E-state index contributed by atoms with van der Waals surface area (Å²) in [5.41, 5.74) is 4.17. The SMILES string of the molecule is COc1ccc(N(C)/C=C/c2c3nc4ccccc4cc3c(O)n2-c2ccc(Cl)cc2)cc1. The Hall–Kier alpha value is -3.96. The zero-order valence-corrected chi connectivity index (χ0v) is 19.0. The largest absolute Gasteiger partial charge is 0.497 e. The number of aromatic hydroxyl groups is 1. The van der Waals surface area contributed by atoms with Crippen molar-refractivity contribution in [1.82, 2.24) is 9.55 Å². The molecule has 0 amide bonds. The number of rotatable bonds is 5. The van der Waals surface area contributed by atoms with Crippen molar-refractivity contribution in [2.75, 3.05) is 19.1 Å². The standard InChI is InChI=1S/C27H22ClN3O2/c1-30(20-11-13-22(33-2)14-12-20)16-15-25-26-23(17-18-5-3-4-6-24(18)29-26)27(32)31(25)21-9-7-19(28)8-10-21/h3-17,32H,1-2H3/b16-15+. The third kappa shape index (κ3) is 3.88. The van der Waals surface area contributed by atoms with Crippen molar-refractivity contribution in [2.24, 2.45) is 0 Å². The molecule has 0 aliphatic rings. The van der Waals surface area contributed by atoms with Crippen molar-refractivity contribution in [3.05, 3.63) is 95.8 Å². The smallest absolute Gasteiger partial charge is 0.205 e. The van der Waals surface area contributed by atoms with Crippen LogP contribution in [-0.4, -0.2) is 28.8 Å². The minimum Gasteiger partial charge on any atom is -0.497 e. The molecule has 1 N–H and O–H groups in total. The number of anilines is 1. The lowest BCUT2D eigenvalue weighted by Crippen LogP contribution is -2.07. The Balaban J connectivity index is 1.67. The third-order valence-corrected chi connectivity index (χ3v) is 5.93. The predicted molar refractivity (Wildman–Crippen MR) is 136 cm³/mol. The van der Waals surface area contributed by atoms with Gasteiger partial charge in [0.2, 0.25) is 5.88 Å². The number of benzene rings is 3. The fraction of sp³-hybridized carbons (Fsp3) is 0.0741. The number of hydrogen-bond acceptors (Lipinski definition) is 4. The molecule has 0 atom stereocenters. The number of methoxy groups -OCH3 is 1. The maximum Gasteiger partial charge on any atom is 0.205 e. The second-order valence-electron chi connectivity index (χ2n) is 7.72. The lowest BCUT2D eigenvalue weighted by Gasteiger charge is -2.15. The normalized spacial score (nSPS) is 11.5. The summed E-state index contributed by atoms with van der Waals surface area (Å²) in [7, 11) is 3.62. The summed E-state index contributed by atoms with van der Waals surface area (Å²) < 4.78 is 7.05. The van der Waals surface area contributed by atoms with Crippen LogP contribution in [0.25, 0.3) is 33.6 Å². The molecule has 33 heavy (non-hydrogen) atoms. The van der Waals surface area contributed by atoms with Gasteiger partial charge in [-0.2, -0.15) is 0 Å². The highest BCUT2D eigenvalue weighted by Crippen LogP contribution is 2.36. The third-order valence-electron chi connectivity index (χ3n) is 5.68. The minimum atomic E-state index is 0.136. The molecule has 0 radical (unpaired) electrons. The number of hydrogen-bond donors (Lipinski definition) is 1. The van der Waals surface area contributed by atoms with E-state index in [9.17, 15) is 5.11 Å². The molecule has 5 nitrogen and oxygen atoms in total. The molecule has 0 aliphatic carbocycles. The number of halogens is 1. The van der Waals surface area contributed by atoms with Gasteiger partial charge in [0.15, 0.2) is 0 Å². The first-order chi connectivity index (χ1) is 16.0. The maximum absolute atomic E-state index is 11.2. The van der Waals surface area contributed by atoms with Gasteiger partial charge in [0, 0.05) is 35.0 Å². The van der Waals surface area contributed by atoms with E-state index in [1.165, 1.54) is 0 Å². The predicted octanol–water partition coefficient (Wildman–Crippen LogP) is 6.65. The van der Waals surface area contributed by atoms with E-state index in [1.807, 2.05) is 103 Å². The molecule has 5 rings (SSSR count). The summed E-state index contributed by atoms with van der Waals surface area (Å²) in [4.78, 5) is 6.88. The molecule has 0 bridgehead atoms. The molecule has 164 valence electrons. The van der Waals surface area contributed by atoms with Crippen molar-refractivity contribution in [1.29, 1.82) is 0 Å². The number of pyridine rings is 1. The van der Waals surface area contributed by atoms with Crippen molar-refractivity contribution in [3.63, 3.8) is 0 Å². The summed E-state index contributed by atoms with van der Waals surface area (Å²) in [5, 5.41) is 13.5. The van der Waals surface area contributed by atoms with Crippen LogP contribution in [0.15, 0.2) is 85.1 Å². The summed E-state index contributed by atoms with van der Waals surface area (Å²) in [5.74, 6) is 0.942. The van der Waals surface area contributed by atoms with E-state index in [4.69, 9.17) is 21.3 Å². The van der Waals surface area contributed by atoms with Crippen LogP contribution in [0.3, 0.4) is 0 Å². The van der Waals surface area contributed by atoms with E-state index < -0.39 is 0 Å². The van der Waals surface area contributed by atoms with E-state index in [0.29, 0.717) is 10.4 Å². The molecule has 0 unspecified atom stereocenters. The van der Waals surface area contributed by atoms with Gasteiger partial charge in [0.1, 0.15) is 11.3 Å². The number of aromatic nitrogens is 2. The lowest BCUT2D eigenvalue weighted by molar-refractivity contribution is 0.415. The van der Waals surface area contributed by atoms with E-state index in [0.717, 1.165) is 39.2 Å². The molecule has 0 saturated heterocycles. The summed E-state index contributed by atoms with van der Waals surface area (Å²) >= 11 is 6.11. The average Bonchev–Trinajstić information content (AvgIpc) is 3.12. The van der Waals surface area contributed by atoms with Gasteiger partial charge in [-0.3, -0.25) is 4.57 Å². The van der Waals surface area contributed by atoms with Crippen LogP contribution in [0.2, 0.25) is 5.02 Å². The Morgan fingerprint density at radius 3 is 2.45 bits per heavy atom. The molecule has 2 heterocycles. The Kier molecular flexibility index (Phi) is 5.40. The molecule has 0 aliphatic heterocycles. The van der Waals surface area contributed by atoms with Gasteiger partial charge in [-0.25, -0.2) is 4.98 Å². The number of nitrogens with zero attached hydrogens (tertiary/aromatic N) is 3. The van der Waals surface area contributed by atoms with Crippen LogP contribution in [0, 0.1) is 0 Å². The van der Waals surface area contributed by atoms with Gasteiger partial charge in [-0.1, -0.05) is 29.8 Å². The zero-order valence-electron chi connectivity index (χ0n) is 18.2. The fourth-order valence-electron chi connectivity index (χ4n) is 3.91. The first kappa shape index (κ1) is 20.9. The maximum atomic E-state index is 11.2. The van der Waals surface area contributed by atoms with Crippen LogP contribution in [0.1, 0.15) is 5.69 Å². The molecular weight excluding hydrogens is 434 g/mol. The second kappa shape index (κ2) is 8.52. The van der Waals surface area contributed by atoms with Gasteiger partial charge in [0.25, 0.3) is 0 Å². The second-order valence-corrected chi connectivity index (χ2v) is 8.16.